The highest BCUT2D eigenvalue weighted by Crippen LogP contribution is 2.20. The number of anilines is 1. The molecule has 0 radical (unpaired) electrons. The van der Waals surface area contributed by atoms with Gasteiger partial charge < -0.3 is 5.11 Å². The highest BCUT2D eigenvalue weighted by molar-refractivity contribution is 7.92. The van der Waals surface area contributed by atoms with E-state index in [4.69, 9.17) is 5.11 Å². The van der Waals surface area contributed by atoms with Gasteiger partial charge in [-0.1, -0.05) is 6.07 Å². The van der Waals surface area contributed by atoms with Crippen molar-refractivity contribution >= 4 is 27.8 Å². The second-order valence-corrected chi connectivity index (χ2v) is 5.92. The van der Waals surface area contributed by atoms with Gasteiger partial charge in [0.1, 0.15) is 0 Å². The monoisotopic (exact) mass is 307 g/mol. The zero-order valence-corrected chi connectivity index (χ0v) is 11.9. The molecule has 1 aromatic heterocycles. The minimum absolute atomic E-state index is 0.0308. The molecule has 7 nitrogen and oxygen atoms in total. The Bertz CT molecular complexity index is 780. The number of sulfonamides is 1. The number of hydrogen-bond acceptors (Lipinski definition) is 4. The summed E-state index contributed by atoms with van der Waals surface area (Å²) in [4.78, 5) is 10.5. The Morgan fingerprint density at radius 1 is 1.38 bits per heavy atom. The summed E-state index contributed by atoms with van der Waals surface area (Å²) in [7, 11) is -3.71. The average molecular weight is 307 g/mol. The Morgan fingerprint density at radius 3 is 2.71 bits per heavy atom. The molecule has 8 heteroatoms. The number of aryl methyl sites for hydroxylation is 1. The van der Waals surface area contributed by atoms with Crippen molar-refractivity contribution in [2.45, 2.75) is 11.9 Å². The van der Waals surface area contributed by atoms with Crippen LogP contribution in [0.25, 0.3) is 6.08 Å². The number of aromatic amines is 1. The molecule has 110 valence electrons. The molecule has 1 heterocycles. The third-order valence-corrected chi connectivity index (χ3v) is 3.97. The molecule has 0 aliphatic rings. The van der Waals surface area contributed by atoms with E-state index in [0.717, 1.165) is 6.08 Å². The van der Waals surface area contributed by atoms with Crippen LogP contribution in [0.2, 0.25) is 0 Å². The fourth-order valence-corrected chi connectivity index (χ4v) is 2.71. The van der Waals surface area contributed by atoms with Crippen LogP contribution >= 0.6 is 0 Å². The zero-order chi connectivity index (χ0) is 15.5. The van der Waals surface area contributed by atoms with Gasteiger partial charge in [-0.3, -0.25) is 9.82 Å². The van der Waals surface area contributed by atoms with Crippen LogP contribution in [0.15, 0.2) is 41.6 Å². The summed E-state index contributed by atoms with van der Waals surface area (Å²) in [6.07, 6.45) is 3.80. The molecule has 0 aliphatic carbocycles. The number of H-pyrrole nitrogens is 1. The molecule has 0 amide bonds. The summed E-state index contributed by atoms with van der Waals surface area (Å²) in [5.74, 6) is -1.04. The summed E-state index contributed by atoms with van der Waals surface area (Å²) in [5.41, 5.74) is 1.75. The summed E-state index contributed by atoms with van der Waals surface area (Å²) < 4.78 is 26.5. The van der Waals surface area contributed by atoms with Crippen LogP contribution in [0.4, 0.5) is 5.69 Å². The molecule has 0 bridgehead atoms. The van der Waals surface area contributed by atoms with Crippen molar-refractivity contribution in [3.05, 3.63) is 47.7 Å². The Morgan fingerprint density at radius 2 is 2.14 bits per heavy atom. The molecule has 0 spiro atoms. The van der Waals surface area contributed by atoms with E-state index in [2.05, 4.69) is 14.9 Å². The van der Waals surface area contributed by atoms with Gasteiger partial charge in [-0.05, 0) is 42.3 Å². The van der Waals surface area contributed by atoms with E-state index < -0.39 is 16.0 Å². The number of nitrogens with one attached hydrogen (secondary N) is 2. The third-order valence-electron chi connectivity index (χ3n) is 2.68. The molecule has 0 saturated heterocycles. The molecule has 21 heavy (non-hydrogen) atoms. The SMILES string of the molecule is Cc1cc(/C=C/C(=O)O)ccc1NS(=O)(=O)c1ccn[nH]1. The second kappa shape index (κ2) is 5.80. The minimum atomic E-state index is -3.71. The Balaban J connectivity index is 2.24. The largest absolute Gasteiger partial charge is 0.478 e. The predicted octanol–water partition coefficient (Wildman–Crippen LogP) is 1.62. The number of rotatable bonds is 5. The number of aliphatic carboxylic acids is 1. The van der Waals surface area contributed by atoms with Crippen LogP contribution in [-0.2, 0) is 14.8 Å². The lowest BCUT2D eigenvalue weighted by molar-refractivity contribution is -0.131. The Kier molecular flexibility index (Phi) is 4.08. The molecule has 0 atom stereocenters. The van der Waals surface area contributed by atoms with Crippen LogP contribution in [-0.4, -0.2) is 29.7 Å². The molecule has 0 aliphatic heterocycles. The molecular formula is C13H13N3O4S. The lowest BCUT2D eigenvalue weighted by Crippen LogP contribution is -2.14. The first-order chi connectivity index (χ1) is 9.88. The number of nitrogens with zero attached hydrogens (tertiary/aromatic N) is 1. The number of benzene rings is 1. The number of carboxylic acids is 1. The van der Waals surface area contributed by atoms with E-state index in [0.29, 0.717) is 16.8 Å². The van der Waals surface area contributed by atoms with E-state index in [1.807, 2.05) is 0 Å². The van der Waals surface area contributed by atoms with Gasteiger partial charge in [0.25, 0.3) is 10.0 Å². The summed E-state index contributed by atoms with van der Waals surface area (Å²) in [6.45, 7) is 1.73. The molecule has 3 N–H and O–H groups in total. The van der Waals surface area contributed by atoms with Gasteiger partial charge in [0.2, 0.25) is 0 Å². The minimum Gasteiger partial charge on any atom is -0.478 e. The molecule has 2 rings (SSSR count). The highest BCUT2D eigenvalue weighted by Gasteiger charge is 2.16. The van der Waals surface area contributed by atoms with Gasteiger partial charge in [0, 0.05) is 6.08 Å². The first-order valence-corrected chi connectivity index (χ1v) is 7.41. The maximum atomic E-state index is 12.0. The maximum absolute atomic E-state index is 12.0. The topological polar surface area (TPSA) is 112 Å². The van der Waals surface area contributed by atoms with E-state index >= 15 is 0 Å². The predicted molar refractivity (Wildman–Crippen MR) is 77.2 cm³/mol. The number of aromatic nitrogens is 2. The van der Waals surface area contributed by atoms with Crippen LogP contribution in [0, 0.1) is 6.92 Å². The molecular weight excluding hydrogens is 294 g/mol. The van der Waals surface area contributed by atoms with Crippen molar-refractivity contribution in [3.63, 3.8) is 0 Å². The van der Waals surface area contributed by atoms with E-state index in [-0.39, 0.29) is 5.03 Å². The van der Waals surface area contributed by atoms with E-state index in [9.17, 15) is 13.2 Å². The highest BCUT2D eigenvalue weighted by atomic mass is 32.2. The lowest BCUT2D eigenvalue weighted by Gasteiger charge is -2.09. The summed E-state index contributed by atoms with van der Waals surface area (Å²) in [6, 6.07) is 6.23. The normalized spacial score (nSPS) is 11.7. The maximum Gasteiger partial charge on any atom is 0.328 e. The van der Waals surface area contributed by atoms with Gasteiger partial charge in [0.05, 0.1) is 11.9 Å². The van der Waals surface area contributed by atoms with Crippen molar-refractivity contribution in [1.29, 1.82) is 0 Å². The summed E-state index contributed by atoms with van der Waals surface area (Å²) >= 11 is 0. The molecule has 0 unspecified atom stereocenters. The zero-order valence-electron chi connectivity index (χ0n) is 11.1. The van der Waals surface area contributed by atoms with Crippen LogP contribution < -0.4 is 4.72 Å². The number of carboxylic acid groups (broad SMARTS) is 1. The van der Waals surface area contributed by atoms with Gasteiger partial charge in [0.15, 0.2) is 5.03 Å². The van der Waals surface area contributed by atoms with Gasteiger partial charge in [-0.2, -0.15) is 13.5 Å². The second-order valence-electron chi connectivity index (χ2n) is 4.27. The van der Waals surface area contributed by atoms with Crippen molar-refractivity contribution in [3.8, 4) is 0 Å². The summed E-state index contributed by atoms with van der Waals surface area (Å²) in [5, 5.41) is 14.5. The van der Waals surface area contributed by atoms with Gasteiger partial charge in [-0.25, -0.2) is 4.79 Å². The first-order valence-electron chi connectivity index (χ1n) is 5.92. The first kappa shape index (κ1) is 14.8. The van der Waals surface area contributed by atoms with Crippen molar-refractivity contribution < 1.29 is 18.3 Å². The molecule has 0 fully saturated rings. The average Bonchev–Trinajstić information content (AvgIpc) is 2.94. The number of hydrogen-bond donors (Lipinski definition) is 3. The standard InChI is InChI=1S/C13H13N3O4S/c1-9-8-10(3-5-13(17)18)2-4-11(9)16-21(19,20)12-6-7-14-15-12/h2-8,16H,1H3,(H,14,15)(H,17,18)/b5-3+. The van der Waals surface area contributed by atoms with E-state index in [1.165, 1.54) is 18.3 Å². The fourth-order valence-electron chi connectivity index (χ4n) is 1.67. The molecule has 0 saturated carbocycles. The number of carbonyl (C=O) groups is 1. The van der Waals surface area contributed by atoms with Crippen molar-refractivity contribution in [2.75, 3.05) is 4.72 Å². The van der Waals surface area contributed by atoms with Crippen molar-refractivity contribution in [2.24, 2.45) is 0 Å². The van der Waals surface area contributed by atoms with Crippen LogP contribution in [0.3, 0.4) is 0 Å². The van der Waals surface area contributed by atoms with Crippen LogP contribution in [0.1, 0.15) is 11.1 Å². The Hall–Kier alpha value is -2.61. The van der Waals surface area contributed by atoms with Gasteiger partial charge in [-0.15, -0.1) is 0 Å². The molecule has 2 aromatic rings. The Labute approximate surface area is 121 Å². The van der Waals surface area contributed by atoms with E-state index in [1.54, 1.807) is 25.1 Å². The lowest BCUT2D eigenvalue weighted by atomic mass is 10.1. The van der Waals surface area contributed by atoms with Gasteiger partial charge >= 0.3 is 5.97 Å². The smallest absolute Gasteiger partial charge is 0.328 e. The quantitative estimate of drug-likeness (QED) is 0.727. The third kappa shape index (κ3) is 3.69. The van der Waals surface area contributed by atoms with Crippen molar-refractivity contribution in [1.82, 2.24) is 10.2 Å². The fraction of sp³-hybridized carbons (Fsp3) is 0.0769. The van der Waals surface area contributed by atoms with Crippen LogP contribution in [0.5, 0.6) is 0 Å². The molecule has 1 aromatic carbocycles.